The average Bonchev–Trinajstić information content (AvgIpc) is 2.56. The van der Waals surface area contributed by atoms with E-state index in [2.05, 4.69) is 11.9 Å². The predicted molar refractivity (Wildman–Crippen MR) is 56.3 cm³/mol. The van der Waals surface area contributed by atoms with Gasteiger partial charge < -0.3 is 5.11 Å². The minimum absolute atomic E-state index is 0.0764. The van der Waals surface area contributed by atoms with E-state index in [1.54, 1.807) is 0 Å². The van der Waals surface area contributed by atoms with E-state index >= 15 is 0 Å². The molecule has 1 aliphatic heterocycles. The zero-order valence-electron chi connectivity index (χ0n) is 8.68. The monoisotopic (exact) mass is 223 g/mol. The van der Waals surface area contributed by atoms with Crippen LogP contribution in [-0.4, -0.2) is 22.9 Å². The zero-order chi connectivity index (χ0) is 12.1. The SMILES string of the molecule is C=CC(=O)O.O=C1NC(=O)C2CCC=CC12. The van der Waals surface area contributed by atoms with Crippen LogP contribution in [0.25, 0.3) is 0 Å². The van der Waals surface area contributed by atoms with Crippen molar-refractivity contribution in [2.45, 2.75) is 12.8 Å². The van der Waals surface area contributed by atoms with Gasteiger partial charge in [0.15, 0.2) is 0 Å². The summed E-state index contributed by atoms with van der Waals surface area (Å²) >= 11 is 0. The van der Waals surface area contributed by atoms with Crippen LogP contribution in [0.4, 0.5) is 0 Å². The Hall–Kier alpha value is -1.91. The normalized spacial score (nSPS) is 26.2. The Morgan fingerprint density at radius 1 is 1.50 bits per heavy atom. The third kappa shape index (κ3) is 2.79. The molecule has 0 aromatic rings. The molecule has 1 fully saturated rings. The molecule has 1 heterocycles. The number of carbonyl (C=O) groups excluding carboxylic acids is 2. The van der Waals surface area contributed by atoms with Gasteiger partial charge in [-0.2, -0.15) is 0 Å². The van der Waals surface area contributed by atoms with Crippen molar-refractivity contribution in [2.24, 2.45) is 11.8 Å². The van der Waals surface area contributed by atoms with E-state index in [1.807, 2.05) is 12.2 Å². The molecule has 0 radical (unpaired) electrons. The standard InChI is InChI=1S/C8H9NO2.C3H4O2/c10-7-5-3-1-2-4-6(5)8(11)9-7;1-2-3(4)5/h1,3,5-6H,2,4H2,(H,9,10,11);2H,1H2,(H,4,5). The number of fused-ring (bicyclic) bond motifs is 1. The van der Waals surface area contributed by atoms with Crippen LogP contribution in [-0.2, 0) is 14.4 Å². The Labute approximate surface area is 92.8 Å². The van der Waals surface area contributed by atoms with E-state index in [0.29, 0.717) is 0 Å². The lowest BCUT2D eigenvalue weighted by Gasteiger charge is -2.14. The zero-order valence-corrected chi connectivity index (χ0v) is 8.68. The lowest BCUT2D eigenvalue weighted by Crippen LogP contribution is -2.21. The maximum absolute atomic E-state index is 11.1. The summed E-state index contributed by atoms with van der Waals surface area (Å²) in [6, 6.07) is 0. The summed E-state index contributed by atoms with van der Waals surface area (Å²) in [6.07, 6.45) is 6.38. The van der Waals surface area contributed by atoms with Crippen LogP contribution in [0.1, 0.15) is 12.8 Å². The minimum atomic E-state index is -0.981. The van der Waals surface area contributed by atoms with Crippen molar-refractivity contribution >= 4 is 17.8 Å². The number of amides is 2. The summed E-state index contributed by atoms with van der Waals surface area (Å²) in [5.41, 5.74) is 0. The molecule has 0 saturated carbocycles. The summed E-state index contributed by atoms with van der Waals surface area (Å²) in [4.78, 5) is 31.3. The van der Waals surface area contributed by atoms with Gasteiger partial charge in [-0.15, -0.1) is 0 Å². The molecule has 86 valence electrons. The van der Waals surface area contributed by atoms with Crippen molar-refractivity contribution in [3.8, 4) is 0 Å². The van der Waals surface area contributed by atoms with Crippen LogP contribution in [0.15, 0.2) is 24.8 Å². The van der Waals surface area contributed by atoms with Crippen LogP contribution in [0.5, 0.6) is 0 Å². The van der Waals surface area contributed by atoms with E-state index in [-0.39, 0.29) is 23.7 Å². The summed E-state index contributed by atoms with van der Waals surface area (Å²) in [5, 5.41) is 9.93. The maximum Gasteiger partial charge on any atom is 0.327 e. The largest absolute Gasteiger partial charge is 0.478 e. The van der Waals surface area contributed by atoms with Gasteiger partial charge in [-0.3, -0.25) is 14.9 Å². The van der Waals surface area contributed by atoms with Crippen molar-refractivity contribution in [1.29, 1.82) is 0 Å². The van der Waals surface area contributed by atoms with Crippen molar-refractivity contribution in [1.82, 2.24) is 5.32 Å². The van der Waals surface area contributed by atoms with Gasteiger partial charge >= 0.3 is 5.97 Å². The summed E-state index contributed by atoms with van der Waals surface area (Å²) < 4.78 is 0. The summed E-state index contributed by atoms with van der Waals surface area (Å²) in [5.74, 6) is -1.45. The molecule has 0 spiro atoms. The third-order valence-electron chi connectivity index (χ3n) is 2.48. The third-order valence-corrected chi connectivity index (χ3v) is 2.48. The first kappa shape index (κ1) is 12.2. The first-order valence-electron chi connectivity index (χ1n) is 4.93. The second kappa shape index (κ2) is 5.25. The fourth-order valence-electron chi connectivity index (χ4n) is 1.69. The fraction of sp³-hybridized carbons (Fsp3) is 0.364. The highest BCUT2D eigenvalue weighted by Gasteiger charge is 2.40. The molecule has 0 aromatic carbocycles. The molecule has 2 rings (SSSR count). The molecule has 16 heavy (non-hydrogen) atoms. The first-order valence-corrected chi connectivity index (χ1v) is 4.93. The Kier molecular flexibility index (Phi) is 3.99. The molecular weight excluding hydrogens is 210 g/mol. The van der Waals surface area contributed by atoms with Gasteiger partial charge in [0.1, 0.15) is 0 Å². The van der Waals surface area contributed by atoms with E-state index in [1.165, 1.54) is 0 Å². The number of carboxylic acids is 1. The summed E-state index contributed by atoms with van der Waals surface area (Å²) in [7, 11) is 0. The predicted octanol–water partition coefficient (Wildman–Crippen LogP) is 0.482. The quantitative estimate of drug-likeness (QED) is 0.385. The van der Waals surface area contributed by atoms with Gasteiger partial charge in [0.25, 0.3) is 0 Å². The van der Waals surface area contributed by atoms with E-state index < -0.39 is 5.97 Å². The lowest BCUT2D eigenvalue weighted by molar-refractivity contribution is -0.131. The van der Waals surface area contributed by atoms with Gasteiger partial charge in [0, 0.05) is 6.08 Å². The Morgan fingerprint density at radius 2 is 2.12 bits per heavy atom. The minimum Gasteiger partial charge on any atom is -0.478 e. The van der Waals surface area contributed by atoms with Crippen LogP contribution in [0, 0.1) is 11.8 Å². The number of hydrogen-bond donors (Lipinski definition) is 2. The van der Waals surface area contributed by atoms with Crippen LogP contribution < -0.4 is 5.32 Å². The number of rotatable bonds is 1. The Bertz CT molecular complexity index is 359. The number of nitrogens with one attached hydrogen (secondary N) is 1. The van der Waals surface area contributed by atoms with Gasteiger partial charge in [-0.05, 0) is 12.8 Å². The van der Waals surface area contributed by atoms with Crippen LogP contribution in [0.2, 0.25) is 0 Å². The van der Waals surface area contributed by atoms with Crippen LogP contribution >= 0.6 is 0 Å². The second-order valence-corrected chi connectivity index (χ2v) is 3.53. The number of allylic oxidation sites excluding steroid dienone is 1. The number of carboxylic acid groups (broad SMARTS) is 1. The summed E-state index contributed by atoms with van der Waals surface area (Å²) in [6.45, 7) is 2.96. The molecule has 2 atom stereocenters. The van der Waals surface area contributed by atoms with Crippen molar-refractivity contribution in [3.05, 3.63) is 24.8 Å². The molecule has 2 N–H and O–H groups in total. The molecule has 0 aromatic heterocycles. The molecule has 2 unspecified atom stereocenters. The molecular formula is C11H13NO4. The highest BCUT2D eigenvalue weighted by atomic mass is 16.4. The maximum atomic E-state index is 11.1. The smallest absolute Gasteiger partial charge is 0.327 e. The van der Waals surface area contributed by atoms with E-state index in [4.69, 9.17) is 5.11 Å². The molecule has 2 amide bonds. The molecule has 0 bridgehead atoms. The first-order chi connectivity index (χ1) is 7.56. The highest BCUT2D eigenvalue weighted by Crippen LogP contribution is 2.28. The van der Waals surface area contributed by atoms with Gasteiger partial charge in [-0.25, -0.2) is 4.79 Å². The average molecular weight is 223 g/mol. The molecule has 5 heteroatoms. The molecule has 1 saturated heterocycles. The number of aliphatic carboxylic acids is 1. The Balaban J connectivity index is 0.000000221. The van der Waals surface area contributed by atoms with Gasteiger partial charge in [0.05, 0.1) is 11.8 Å². The van der Waals surface area contributed by atoms with Gasteiger partial charge in [0.2, 0.25) is 11.8 Å². The fourth-order valence-corrected chi connectivity index (χ4v) is 1.69. The highest BCUT2D eigenvalue weighted by molar-refractivity contribution is 6.06. The van der Waals surface area contributed by atoms with E-state index in [9.17, 15) is 14.4 Å². The van der Waals surface area contributed by atoms with Crippen molar-refractivity contribution < 1.29 is 19.5 Å². The molecule has 1 aliphatic carbocycles. The van der Waals surface area contributed by atoms with Crippen molar-refractivity contribution in [2.75, 3.05) is 0 Å². The number of imide groups is 1. The van der Waals surface area contributed by atoms with Crippen molar-refractivity contribution in [3.63, 3.8) is 0 Å². The number of hydrogen-bond acceptors (Lipinski definition) is 3. The molecule has 2 aliphatic rings. The molecule has 5 nitrogen and oxygen atoms in total. The Morgan fingerprint density at radius 3 is 2.62 bits per heavy atom. The van der Waals surface area contributed by atoms with Crippen LogP contribution in [0.3, 0.4) is 0 Å². The topological polar surface area (TPSA) is 83.5 Å². The lowest BCUT2D eigenvalue weighted by atomic mass is 9.86. The number of carbonyl (C=O) groups is 3. The van der Waals surface area contributed by atoms with Gasteiger partial charge in [-0.1, -0.05) is 18.7 Å². The van der Waals surface area contributed by atoms with E-state index in [0.717, 1.165) is 18.9 Å². The second-order valence-electron chi connectivity index (χ2n) is 3.53.